The minimum atomic E-state index is -1.08. The van der Waals surface area contributed by atoms with Crippen LogP contribution in [-0.2, 0) is 27.2 Å². The van der Waals surface area contributed by atoms with Crippen LogP contribution in [0.2, 0.25) is 0 Å². The van der Waals surface area contributed by atoms with E-state index in [0.29, 0.717) is 11.1 Å². The SMILES string of the molecule is CC(=O)[O-].[Ag+].[CH]1N(C23CC4CC(CC(C4)C2)C3)C=CN1C12CC3CC(CC(C3)C1)C2. The van der Waals surface area contributed by atoms with Crippen LogP contribution in [0.1, 0.15) is 84.0 Å². The summed E-state index contributed by atoms with van der Waals surface area (Å²) in [5, 5.41) is 8.89. The van der Waals surface area contributed by atoms with Crippen LogP contribution >= 0.6 is 0 Å². The Hall–Kier alpha value is -0.450. The molecular formula is C25H36AgN2O2. The second kappa shape index (κ2) is 7.56. The Balaban J connectivity index is 0.000000358. The normalized spacial score (nSPS) is 49.1. The minimum Gasteiger partial charge on any atom is -0.550 e. The quantitative estimate of drug-likeness (QED) is 0.536. The summed E-state index contributed by atoms with van der Waals surface area (Å²) in [6.07, 6.45) is 23.2. The van der Waals surface area contributed by atoms with Gasteiger partial charge >= 0.3 is 22.4 Å². The summed E-state index contributed by atoms with van der Waals surface area (Å²) < 4.78 is 0. The third kappa shape index (κ3) is 3.49. The Kier molecular flexibility index (Phi) is 5.39. The van der Waals surface area contributed by atoms with Gasteiger partial charge in [0.15, 0.2) is 0 Å². The Morgan fingerprint density at radius 1 is 0.700 bits per heavy atom. The van der Waals surface area contributed by atoms with E-state index in [-0.39, 0.29) is 22.4 Å². The summed E-state index contributed by atoms with van der Waals surface area (Å²) in [6, 6.07) is 0. The molecule has 0 unspecified atom stereocenters. The summed E-state index contributed by atoms with van der Waals surface area (Å²) in [7, 11) is 0. The molecule has 9 rings (SSSR count). The van der Waals surface area contributed by atoms with Crippen molar-refractivity contribution in [2.45, 2.75) is 95.1 Å². The molecule has 0 aromatic heterocycles. The molecular weight excluding hydrogens is 468 g/mol. The molecule has 30 heavy (non-hydrogen) atoms. The second-order valence-electron chi connectivity index (χ2n) is 12.0. The van der Waals surface area contributed by atoms with Gasteiger partial charge in [-0.3, -0.25) is 0 Å². The van der Waals surface area contributed by atoms with Crippen LogP contribution in [0.4, 0.5) is 0 Å². The van der Waals surface area contributed by atoms with Gasteiger partial charge in [0.2, 0.25) is 0 Å². The molecule has 1 heterocycles. The van der Waals surface area contributed by atoms with Crippen molar-refractivity contribution >= 4 is 5.97 Å². The molecule has 8 fully saturated rings. The predicted molar refractivity (Wildman–Crippen MR) is 110 cm³/mol. The Morgan fingerprint density at radius 2 is 0.933 bits per heavy atom. The average Bonchev–Trinajstić information content (AvgIpc) is 3.10. The third-order valence-corrected chi connectivity index (χ3v) is 9.74. The smallest absolute Gasteiger partial charge is 0.550 e. The van der Waals surface area contributed by atoms with E-state index in [0.717, 1.165) is 42.4 Å². The van der Waals surface area contributed by atoms with Gasteiger partial charge in [0.05, 0.1) is 0 Å². The van der Waals surface area contributed by atoms with Crippen molar-refractivity contribution in [3.8, 4) is 0 Å². The van der Waals surface area contributed by atoms with Gasteiger partial charge in [-0.1, -0.05) is 0 Å². The van der Waals surface area contributed by atoms with Gasteiger partial charge in [-0.25, -0.2) is 0 Å². The summed E-state index contributed by atoms with van der Waals surface area (Å²) in [5.41, 5.74) is 1.00. The van der Waals surface area contributed by atoms with Crippen LogP contribution in [0.3, 0.4) is 0 Å². The zero-order valence-electron chi connectivity index (χ0n) is 18.2. The zero-order chi connectivity index (χ0) is 19.8. The summed E-state index contributed by atoms with van der Waals surface area (Å²) in [6.45, 7) is 3.57. The van der Waals surface area contributed by atoms with E-state index < -0.39 is 5.97 Å². The van der Waals surface area contributed by atoms with Crippen molar-refractivity contribution in [3.63, 3.8) is 0 Å². The average molecular weight is 504 g/mol. The van der Waals surface area contributed by atoms with Gasteiger partial charge in [0.25, 0.3) is 0 Å². The standard InChI is InChI=1S/C23H33N2.C2H4O2.Ag/c1-2-25(23-12-19-6-20(13-23)8-21(7-19)14-23)15-24(1)22-9-16-3-17(10-22)5-18(4-16)11-22;1-2(3)4;/h1-2,15-21H,3-14H2;1H3,(H,3,4);/q;;+1/p-1. The van der Waals surface area contributed by atoms with Crippen molar-refractivity contribution in [2.75, 3.05) is 0 Å². The molecule has 9 aliphatic rings. The maximum absolute atomic E-state index is 8.89. The molecule has 0 amide bonds. The van der Waals surface area contributed by atoms with Crippen molar-refractivity contribution < 1.29 is 32.3 Å². The van der Waals surface area contributed by atoms with Crippen LogP contribution < -0.4 is 5.11 Å². The third-order valence-electron chi connectivity index (χ3n) is 9.74. The topological polar surface area (TPSA) is 46.6 Å². The van der Waals surface area contributed by atoms with E-state index in [1.54, 1.807) is 38.5 Å². The largest absolute Gasteiger partial charge is 1.00 e. The van der Waals surface area contributed by atoms with Crippen molar-refractivity contribution in [1.29, 1.82) is 0 Å². The van der Waals surface area contributed by atoms with Crippen LogP contribution in [0.15, 0.2) is 12.4 Å². The Morgan fingerprint density at radius 3 is 1.17 bits per heavy atom. The molecule has 0 aromatic carbocycles. The molecule has 169 valence electrons. The van der Waals surface area contributed by atoms with Crippen molar-refractivity contribution in [2.24, 2.45) is 35.5 Å². The maximum Gasteiger partial charge on any atom is 1.00 e. The van der Waals surface area contributed by atoms with Gasteiger partial charge in [-0.2, -0.15) is 0 Å². The molecule has 0 spiro atoms. The number of aliphatic carboxylic acids is 1. The first-order valence-electron chi connectivity index (χ1n) is 12.2. The number of rotatable bonds is 2. The number of hydrogen-bond donors (Lipinski definition) is 0. The first-order valence-corrected chi connectivity index (χ1v) is 12.2. The molecule has 0 N–H and O–H groups in total. The van der Waals surface area contributed by atoms with E-state index in [1.165, 1.54) is 38.5 Å². The summed E-state index contributed by atoms with van der Waals surface area (Å²) in [4.78, 5) is 14.4. The number of carboxylic acids is 1. The number of carbonyl (C=O) groups is 1. The molecule has 1 aliphatic heterocycles. The molecule has 0 atom stereocenters. The van der Waals surface area contributed by atoms with Gasteiger partial charge in [0.1, 0.15) is 6.67 Å². The zero-order valence-corrected chi connectivity index (χ0v) is 19.7. The van der Waals surface area contributed by atoms with Crippen LogP contribution in [0, 0.1) is 42.2 Å². The van der Waals surface area contributed by atoms with Gasteiger partial charge in [0, 0.05) is 29.4 Å². The Bertz CT molecular complexity index is 593. The number of carboxylic acid groups (broad SMARTS) is 1. The van der Waals surface area contributed by atoms with E-state index in [9.17, 15) is 0 Å². The van der Waals surface area contributed by atoms with Gasteiger partial charge in [-0.05, 0) is 119 Å². The molecule has 8 aliphatic carbocycles. The molecule has 1 radical (unpaired) electrons. The first kappa shape index (κ1) is 21.4. The fourth-order valence-corrected chi connectivity index (χ4v) is 9.68. The van der Waals surface area contributed by atoms with Crippen LogP contribution in [0.5, 0.6) is 0 Å². The van der Waals surface area contributed by atoms with Gasteiger partial charge in [-0.15, -0.1) is 0 Å². The number of hydrogen-bond acceptors (Lipinski definition) is 4. The molecule has 0 aromatic rings. The second-order valence-corrected chi connectivity index (χ2v) is 12.0. The van der Waals surface area contributed by atoms with E-state index in [1.807, 2.05) is 0 Å². The Labute approximate surface area is 197 Å². The molecule has 8 saturated carbocycles. The minimum absolute atomic E-state index is 0. The van der Waals surface area contributed by atoms with Gasteiger partial charge < -0.3 is 19.7 Å². The fourth-order valence-electron chi connectivity index (χ4n) is 9.68. The molecule has 5 heteroatoms. The fraction of sp³-hybridized carbons (Fsp3) is 0.840. The summed E-state index contributed by atoms with van der Waals surface area (Å²) in [5.74, 6) is 5.18. The van der Waals surface area contributed by atoms with Crippen molar-refractivity contribution in [3.05, 3.63) is 19.1 Å². The predicted octanol–water partition coefficient (Wildman–Crippen LogP) is 3.89. The summed E-state index contributed by atoms with van der Waals surface area (Å²) >= 11 is 0. The van der Waals surface area contributed by atoms with Crippen LogP contribution in [-0.4, -0.2) is 26.8 Å². The number of nitrogens with zero attached hydrogens (tertiary/aromatic N) is 2. The monoisotopic (exact) mass is 503 g/mol. The first-order chi connectivity index (χ1) is 13.9. The van der Waals surface area contributed by atoms with E-state index in [4.69, 9.17) is 9.90 Å². The molecule has 8 bridgehead atoms. The molecule has 4 nitrogen and oxygen atoms in total. The van der Waals surface area contributed by atoms with Crippen LogP contribution in [0.25, 0.3) is 0 Å². The molecule has 0 saturated heterocycles. The van der Waals surface area contributed by atoms with E-state index >= 15 is 0 Å². The number of carbonyl (C=O) groups excluding carboxylic acids is 1. The van der Waals surface area contributed by atoms with Crippen molar-refractivity contribution in [1.82, 2.24) is 9.80 Å². The maximum atomic E-state index is 8.89. The van der Waals surface area contributed by atoms with E-state index in [2.05, 4.69) is 28.9 Å².